The molecule has 1 heterocycles. The average molecular weight is 273 g/mol. The quantitative estimate of drug-likeness (QED) is 0.737. The van der Waals surface area contributed by atoms with Crippen LogP contribution in [0.1, 0.15) is 16.7 Å². The van der Waals surface area contributed by atoms with Crippen LogP contribution in [0.5, 0.6) is 0 Å². The van der Waals surface area contributed by atoms with E-state index in [4.69, 9.17) is 11.0 Å². The van der Waals surface area contributed by atoms with E-state index >= 15 is 0 Å². The molecule has 0 fully saturated rings. The average Bonchev–Trinajstić information content (AvgIpc) is 2.81. The van der Waals surface area contributed by atoms with Crippen molar-refractivity contribution in [2.75, 3.05) is 5.73 Å². The van der Waals surface area contributed by atoms with Gasteiger partial charge in [0.15, 0.2) is 0 Å². The lowest BCUT2D eigenvalue weighted by atomic mass is 10.1. The Morgan fingerprint density at radius 3 is 2.67 bits per heavy atom. The lowest BCUT2D eigenvalue weighted by molar-refractivity contribution is 1.09. The molecule has 0 unspecified atom stereocenters. The summed E-state index contributed by atoms with van der Waals surface area (Å²) in [5, 5.41) is 18.4. The van der Waals surface area contributed by atoms with Crippen molar-refractivity contribution in [1.82, 2.24) is 9.55 Å². The van der Waals surface area contributed by atoms with Gasteiger partial charge in [-0.1, -0.05) is 12.1 Å². The van der Waals surface area contributed by atoms with E-state index in [0.717, 1.165) is 5.56 Å². The molecule has 0 amide bonds. The van der Waals surface area contributed by atoms with E-state index in [1.54, 1.807) is 22.8 Å². The van der Waals surface area contributed by atoms with Crippen molar-refractivity contribution in [1.29, 1.82) is 10.5 Å². The molecule has 21 heavy (non-hydrogen) atoms. The third kappa shape index (κ3) is 1.89. The molecule has 0 aliphatic heterocycles. The topological polar surface area (TPSA) is 91.4 Å². The van der Waals surface area contributed by atoms with Crippen LogP contribution in [0.4, 0.5) is 5.95 Å². The first-order valence-corrected chi connectivity index (χ1v) is 6.34. The maximum Gasteiger partial charge on any atom is 0.205 e. The standard InChI is InChI=1S/C16H11N5/c1-10-3-2-4-14(12(10)9-18)21-15-7-11(8-17)5-6-13(15)20-16(21)19/h2-7H,1H3,(H2,19,20). The van der Waals surface area contributed by atoms with Gasteiger partial charge >= 0.3 is 0 Å². The molecule has 0 bridgehead atoms. The maximum atomic E-state index is 9.38. The van der Waals surface area contributed by atoms with E-state index in [1.165, 1.54) is 0 Å². The van der Waals surface area contributed by atoms with Crippen LogP contribution < -0.4 is 5.73 Å². The van der Waals surface area contributed by atoms with E-state index in [9.17, 15) is 5.26 Å². The molecule has 3 rings (SSSR count). The van der Waals surface area contributed by atoms with Gasteiger partial charge in [0.1, 0.15) is 6.07 Å². The van der Waals surface area contributed by atoms with Crippen LogP contribution in [0, 0.1) is 29.6 Å². The second kappa shape index (κ2) is 4.66. The Morgan fingerprint density at radius 2 is 1.95 bits per heavy atom. The Labute approximate surface area is 121 Å². The summed E-state index contributed by atoms with van der Waals surface area (Å²) >= 11 is 0. The summed E-state index contributed by atoms with van der Waals surface area (Å²) in [6.07, 6.45) is 0. The molecule has 0 atom stereocenters. The van der Waals surface area contributed by atoms with Crippen LogP contribution in [-0.4, -0.2) is 9.55 Å². The number of anilines is 1. The van der Waals surface area contributed by atoms with E-state index < -0.39 is 0 Å². The molecular formula is C16H11N5. The fourth-order valence-electron chi connectivity index (χ4n) is 2.40. The third-order valence-electron chi connectivity index (χ3n) is 3.41. The number of fused-ring (bicyclic) bond motifs is 1. The molecule has 0 aliphatic rings. The normalized spacial score (nSPS) is 10.2. The Balaban J connectivity index is 2.41. The number of imidazole rings is 1. The van der Waals surface area contributed by atoms with Gasteiger partial charge in [-0.25, -0.2) is 4.98 Å². The van der Waals surface area contributed by atoms with Crippen LogP contribution >= 0.6 is 0 Å². The van der Waals surface area contributed by atoms with Crippen molar-refractivity contribution in [2.45, 2.75) is 6.92 Å². The molecule has 100 valence electrons. The predicted molar refractivity (Wildman–Crippen MR) is 79.6 cm³/mol. The highest BCUT2D eigenvalue weighted by atomic mass is 15.2. The zero-order chi connectivity index (χ0) is 15.0. The zero-order valence-electron chi connectivity index (χ0n) is 11.3. The molecule has 0 aliphatic carbocycles. The minimum atomic E-state index is 0.294. The fraction of sp³-hybridized carbons (Fsp3) is 0.0625. The second-order valence-electron chi connectivity index (χ2n) is 4.70. The fourth-order valence-corrected chi connectivity index (χ4v) is 2.40. The summed E-state index contributed by atoms with van der Waals surface area (Å²) in [5.41, 5.74) is 10.0. The summed E-state index contributed by atoms with van der Waals surface area (Å²) in [7, 11) is 0. The summed E-state index contributed by atoms with van der Waals surface area (Å²) in [5.74, 6) is 0.294. The van der Waals surface area contributed by atoms with E-state index in [2.05, 4.69) is 17.1 Å². The van der Waals surface area contributed by atoms with Crippen molar-refractivity contribution < 1.29 is 0 Å². The van der Waals surface area contributed by atoms with Gasteiger partial charge in [0, 0.05) is 0 Å². The molecule has 2 N–H and O–H groups in total. The molecule has 0 radical (unpaired) electrons. The number of rotatable bonds is 1. The Kier molecular flexibility index (Phi) is 2.82. The van der Waals surface area contributed by atoms with Gasteiger partial charge in [0.05, 0.1) is 33.9 Å². The SMILES string of the molecule is Cc1cccc(-n2c(N)nc3ccc(C#N)cc32)c1C#N. The third-order valence-corrected chi connectivity index (χ3v) is 3.41. The first-order valence-electron chi connectivity index (χ1n) is 6.34. The molecule has 0 saturated heterocycles. The van der Waals surface area contributed by atoms with Gasteiger partial charge < -0.3 is 5.73 Å². The van der Waals surface area contributed by atoms with Crippen LogP contribution in [0.25, 0.3) is 16.7 Å². The van der Waals surface area contributed by atoms with Crippen molar-refractivity contribution >= 4 is 17.0 Å². The molecule has 5 nitrogen and oxygen atoms in total. The number of hydrogen-bond acceptors (Lipinski definition) is 4. The van der Waals surface area contributed by atoms with Crippen LogP contribution in [-0.2, 0) is 0 Å². The smallest absolute Gasteiger partial charge is 0.205 e. The lowest BCUT2D eigenvalue weighted by Crippen LogP contribution is -2.03. The number of aromatic nitrogens is 2. The largest absolute Gasteiger partial charge is 0.369 e. The van der Waals surface area contributed by atoms with Crippen LogP contribution in [0.15, 0.2) is 36.4 Å². The zero-order valence-corrected chi connectivity index (χ0v) is 11.3. The molecule has 0 spiro atoms. The van der Waals surface area contributed by atoms with Gasteiger partial charge in [-0.3, -0.25) is 4.57 Å². The number of benzene rings is 2. The van der Waals surface area contributed by atoms with E-state index in [-0.39, 0.29) is 0 Å². The van der Waals surface area contributed by atoms with Crippen LogP contribution in [0.3, 0.4) is 0 Å². The Morgan fingerprint density at radius 1 is 1.14 bits per heavy atom. The van der Waals surface area contributed by atoms with Crippen molar-refractivity contribution in [3.05, 3.63) is 53.1 Å². The van der Waals surface area contributed by atoms with E-state index in [0.29, 0.717) is 33.8 Å². The number of aryl methyl sites for hydroxylation is 1. The molecule has 2 aromatic carbocycles. The summed E-state index contributed by atoms with van der Waals surface area (Å²) in [6, 6.07) is 15.0. The van der Waals surface area contributed by atoms with Crippen LogP contribution in [0.2, 0.25) is 0 Å². The van der Waals surface area contributed by atoms with E-state index in [1.807, 2.05) is 25.1 Å². The Bertz CT molecular complexity index is 938. The monoisotopic (exact) mass is 273 g/mol. The van der Waals surface area contributed by atoms with Gasteiger partial charge in [0.25, 0.3) is 0 Å². The molecule has 3 aromatic rings. The van der Waals surface area contributed by atoms with Gasteiger partial charge in [-0.05, 0) is 36.8 Å². The molecule has 5 heteroatoms. The maximum absolute atomic E-state index is 9.38. The minimum Gasteiger partial charge on any atom is -0.369 e. The molecular weight excluding hydrogens is 262 g/mol. The predicted octanol–water partition coefficient (Wildman–Crippen LogP) is 2.66. The summed E-state index contributed by atoms with van der Waals surface area (Å²) < 4.78 is 1.71. The van der Waals surface area contributed by atoms with Gasteiger partial charge in [0.2, 0.25) is 5.95 Å². The number of nitriles is 2. The van der Waals surface area contributed by atoms with Gasteiger partial charge in [-0.15, -0.1) is 0 Å². The van der Waals surface area contributed by atoms with Crippen molar-refractivity contribution in [3.63, 3.8) is 0 Å². The number of hydrogen-bond donors (Lipinski definition) is 1. The minimum absolute atomic E-state index is 0.294. The summed E-state index contributed by atoms with van der Waals surface area (Å²) in [4.78, 5) is 4.29. The molecule has 1 aromatic heterocycles. The Hall–Kier alpha value is -3.31. The lowest BCUT2D eigenvalue weighted by Gasteiger charge is -2.10. The highest BCUT2D eigenvalue weighted by Gasteiger charge is 2.14. The first-order chi connectivity index (χ1) is 10.2. The second-order valence-corrected chi connectivity index (χ2v) is 4.70. The highest BCUT2D eigenvalue weighted by Crippen LogP contribution is 2.27. The number of nitrogens with zero attached hydrogens (tertiary/aromatic N) is 4. The van der Waals surface area contributed by atoms with Gasteiger partial charge in [-0.2, -0.15) is 10.5 Å². The molecule has 0 saturated carbocycles. The van der Waals surface area contributed by atoms with Crippen molar-refractivity contribution in [3.8, 4) is 17.8 Å². The highest BCUT2D eigenvalue weighted by molar-refractivity contribution is 5.83. The number of nitrogen functional groups attached to an aromatic ring is 1. The number of nitrogens with two attached hydrogens (primary N) is 1. The first kappa shape index (κ1) is 12.7. The summed E-state index contributed by atoms with van der Waals surface area (Å²) in [6.45, 7) is 1.87. The van der Waals surface area contributed by atoms with Crippen molar-refractivity contribution in [2.24, 2.45) is 0 Å².